The van der Waals surface area contributed by atoms with E-state index in [1.165, 1.54) is 6.20 Å². The second-order valence-electron chi connectivity index (χ2n) is 4.38. The number of H-pyrrole nitrogens is 1. The third-order valence-electron chi connectivity index (χ3n) is 2.81. The Bertz CT molecular complexity index is 706. The molecular formula is C14H14N6. The molecule has 0 aliphatic rings. The van der Waals surface area contributed by atoms with E-state index in [0.717, 1.165) is 17.2 Å². The molecule has 0 spiro atoms. The summed E-state index contributed by atoms with van der Waals surface area (Å²) in [7, 11) is 0. The number of rotatable bonds is 3. The molecule has 1 aromatic carbocycles. The van der Waals surface area contributed by atoms with Crippen LogP contribution in [-0.4, -0.2) is 20.2 Å². The molecule has 0 fully saturated rings. The fraction of sp³-hybridized carbons (Fsp3) is 0.0714. The van der Waals surface area contributed by atoms with Crippen molar-refractivity contribution in [1.82, 2.24) is 20.2 Å². The maximum atomic E-state index is 5.73. The number of anilines is 4. The number of para-hydroxylation sites is 1. The Kier molecular flexibility index (Phi) is 3.04. The van der Waals surface area contributed by atoms with Crippen molar-refractivity contribution in [2.75, 3.05) is 10.6 Å². The number of aromatic nitrogens is 4. The Balaban J connectivity index is 2.13. The van der Waals surface area contributed by atoms with Crippen LogP contribution in [0.3, 0.4) is 0 Å². The van der Waals surface area contributed by atoms with E-state index in [1.807, 2.05) is 48.2 Å². The molecule has 6 heteroatoms. The lowest BCUT2D eigenvalue weighted by atomic mass is 10.3. The van der Waals surface area contributed by atoms with Crippen LogP contribution in [0, 0.1) is 6.92 Å². The van der Waals surface area contributed by atoms with Gasteiger partial charge in [0.25, 0.3) is 0 Å². The molecule has 3 aromatic rings. The van der Waals surface area contributed by atoms with Gasteiger partial charge in [-0.2, -0.15) is 5.10 Å². The molecule has 6 nitrogen and oxygen atoms in total. The normalized spacial score (nSPS) is 10.4. The Hall–Kier alpha value is -2.89. The zero-order chi connectivity index (χ0) is 13.9. The van der Waals surface area contributed by atoms with E-state index in [-0.39, 0.29) is 0 Å². The number of nitrogens with zero attached hydrogens (tertiary/aromatic N) is 4. The van der Waals surface area contributed by atoms with Gasteiger partial charge in [0.1, 0.15) is 5.82 Å². The van der Waals surface area contributed by atoms with E-state index in [1.54, 1.807) is 6.20 Å². The number of nitrogen functional groups attached to an aromatic ring is 1. The molecule has 3 rings (SSSR count). The lowest BCUT2D eigenvalue weighted by Gasteiger charge is -2.20. The van der Waals surface area contributed by atoms with Crippen molar-refractivity contribution >= 4 is 23.1 Å². The van der Waals surface area contributed by atoms with Gasteiger partial charge >= 0.3 is 0 Å². The minimum Gasteiger partial charge on any atom is -0.382 e. The molecule has 0 unspecified atom stereocenters. The van der Waals surface area contributed by atoms with E-state index in [2.05, 4.69) is 20.2 Å². The van der Waals surface area contributed by atoms with Crippen molar-refractivity contribution in [3.63, 3.8) is 0 Å². The Morgan fingerprint density at radius 2 is 1.90 bits per heavy atom. The molecule has 3 N–H and O–H groups in total. The molecule has 100 valence electrons. The number of hydrogen-bond donors (Lipinski definition) is 2. The monoisotopic (exact) mass is 266 g/mol. The van der Waals surface area contributed by atoms with E-state index in [0.29, 0.717) is 11.6 Å². The maximum Gasteiger partial charge on any atom is 0.160 e. The van der Waals surface area contributed by atoms with Crippen molar-refractivity contribution in [3.05, 3.63) is 54.5 Å². The van der Waals surface area contributed by atoms with Gasteiger partial charge in [0.05, 0.1) is 12.4 Å². The van der Waals surface area contributed by atoms with Gasteiger partial charge in [-0.25, -0.2) is 4.98 Å². The highest BCUT2D eigenvalue weighted by atomic mass is 15.3. The third-order valence-corrected chi connectivity index (χ3v) is 2.81. The third kappa shape index (κ3) is 2.31. The van der Waals surface area contributed by atoms with Gasteiger partial charge in [-0.3, -0.25) is 15.0 Å². The van der Waals surface area contributed by atoms with Gasteiger partial charge in [0, 0.05) is 17.4 Å². The first-order valence-corrected chi connectivity index (χ1v) is 6.19. The SMILES string of the molecule is Cc1cc(N(c2ccccc2)c2cncc(N)n2)n[nH]1. The number of aryl methyl sites for hydroxylation is 1. The van der Waals surface area contributed by atoms with E-state index in [9.17, 15) is 0 Å². The molecule has 0 bridgehead atoms. The molecule has 0 saturated heterocycles. The zero-order valence-electron chi connectivity index (χ0n) is 11.0. The van der Waals surface area contributed by atoms with Gasteiger partial charge in [0.2, 0.25) is 0 Å². The standard InChI is InChI=1S/C14H14N6/c1-10-7-13(19-18-10)20(11-5-3-2-4-6-11)14-9-16-8-12(15)17-14/h2-9H,1H3,(H2,15,17)(H,18,19). The van der Waals surface area contributed by atoms with Gasteiger partial charge in [-0.05, 0) is 19.1 Å². The molecule has 2 aromatic heterocycles. The van der Waals surface area contributed by atoms with Crippen LogP contribution in [0.1, 0.15) is 5.69 Å². The molecule has 20 heavy (non-hydrogen) atoms. The second-order valence-corrected chi connectivity index (χ2v) is 4.38. The van der Waals surface area contributed by atoms with Crippen LogP contribution in [0.15, 0.2) is 48.8 Å². The molecule has 0 amide bonds. The fourth-order valence-electron chi connectivity index (χ4n) is 1.96. The van der Waals surface area contributed by atoms with Crippen molar-refractivity contribution in [2.24, 2.45) is 0 Å². The van der Waals surface area contributed by atoms with Crippen LogP contribution in [-0.2, 0) is 0 Å². The number of aromatic amines is 1. The van der Waals surface area contributed by atoms with Gasteiger partial charge in [-0.15, -0.1) is 0 Å². The summed E-state index contributed by atoms with van der Waals surface area (Å²) in [5.41, 5.74) is 7.64. The Labute approximate surface area is 116 Å². The summed E-state index contributed by atoms with van der Waals surface area (Å²) in [5, 5.41) is 7.22. The highest BCUT2D eigenvalue weighted by Crippen LogP contribution is 2.31. The van der Waals surface area contributed by atoms with Gasteiger partial charge < -0.3 is 5.73 Å². The van der Waals surface area contributed by atoms with Crippen LogP contribution in [0.5, 0.6) is 0 Å². The van der Waals surface area contributed by atoms with Crippen LogP contribution in [0.4, 0.5) is 23.1 Å². The molecule has 0 aliphatic carbocycles. The van der Waals surface area contributed by atoms with E-state index >= 15 is 0 Å². The van der Waals surface area contributed by atoms with Gasteiger partial charge in [-0.1, -0.05) is 18.2 Å². The first kappa shape index (κ1) is 12.2. The summed E-state index contributed by atoms with van der Waals surface area (Å²) >= 11 is 0. The van der Waals surface area contributed by atoms with Crippen LogP contribution < -0.4 is 10.6 Å². The molecule has 2 heterocycles. The minimum absolute atomic E-state index is 0.371. The quantitative estimate of drug-likeness (QED) is 0.761. The van der Waals surface area contributed by atoms with E-state index in [4.69, 9.17) is 5.73 Å². The first-order valence-electron chi connectivity index (χ1n) is 6.19. The van der Waals surface area contributed by atoms with E-state index < -0.39 is 0 Å². The number of nitrogens with two attached hydrogens (primary N) is 1. The lowest BCUT2D eigenvalue weighted by molar-refractivity contribution is 1.02. The predicted octanol–water partition coefficient (Wildman–Crippen LogP) is 2.56. The number of hydrogen-bond acceptors (Lipinski definition) is 5. The number of nitrogens with one attached hydrogen (secondary N) is 1. The average molecular weight is 266 g/mol. The minimum atomic E-state index is 0.371. The lowest BCUT2D eigenvalue weighted by Crippen LogP contribution is -2.13. The van der Waals surface area contributed by atoms with Gasteiger partial charge in [0.15, 0.2) is 11.6 Å². The summed E-state index contributed by atoms with van der Waals surface area (Å²) in [6.45, 7) is 1.95. The topological polar surface area (TPSA) is 83.7 Å². The molecule has 0 aliphatic heterocycles. The van der Waals surface area contributed by atoms with Crippen molar-refractivity contribution in [2.45, 2.75) is 6.92 Å². The summed E-state index contributed by atoms with van der Waals surface area (Å²) in [5.74, 6) is 1.74. The summed E-state index contributed by atoms with van der Waals surface area (Å²) in [6, 6.07) is 11.8. The van der Waals surface area contributed by atoms with Crippen molar-refractivity contribution < 1.29 is 0 Å². The molecule has 0 atom stereocenters. The molecular weight excluding hydrogens is 252 g/mol. The zero-order valence-corrected chi connectivity index (χ0v) is 11.0. The molecule has 0 radical (unpaired) electrons. The van der Waals surface area contributed by atoms with Crippen molar-refractivity contribution in [1.29, 1.82) is 0 Å². The maximum absolute atomic E-state index is 5.73. The average Bonchev–Trinajstić information content (AvgIpc) is 2.87. The Morgan fingerprint density at radius 1 is 1.10 bits per heavy atom. The summed E-state index contributed by atoms with van der Waals surface area (Å²) < 4.78 is 0. The first-order chi connectivity index (χ1) is 9.74. The summed E-state index contributed by atoms with van der Waals surface area (Å²) in [6.07, 6.45) is 3.18. The number of benzene rings is 1. The fourth-order valence-corrected chi connectivity index (χ4v) is 1.96. The van der Waals surface area contributed by atoms with Crippen LogP contribution in [0.2, 0.25) is 0 Å². The summed E-state index contributed by atoms with van der Waals surface area (Å²) in [4.78, 5) is 10.3. The highest BCUT2D eigenvalue weighted by molar-refractivity contribution is 5.72. The molecule has 0 saturated carbocycles. The van der Waals surface area contributed by atoms with Crippen LogP contribution >= 0.6 is 0 Å². The predicted molar refractivity (Wildman–Crippen MR) is 78.0 cm³/mol. The largest absolute Gasteiger partial charge is 0.382 e. The second kappa shape index (κ2) is 5.00. The highest BCUT2D eigenvalue weighted by Gasteiger charge is 2.16. The van der Waals surface area contributed by atoms with Crippen molar-refractivity contribution in [3.8, 4) is 0 Å². The smallest absolute Gasteiger partial charge is 0.160 e. The Morgan fingerprint density at radius 3 is 2.55 bits per heavy atom. The van der Waals surface area contributed by atoms with Crippen LogP contribution in [0.25, 0.3) is 0 Å².